The van der Waals surface area contributed by atoms with E-state index in [1.807, 2.05) is 0 Å². The highest BCUT2D eigenvalue weighted by molar-refractivity contribution is 5.84. The summed E-state index contributed by atoms with van der Waals surface area (Å²) in [5.74, 6) is 1.55. The van der Waals surface area contributed by atoms with E-state index in [9.17, 15) is 4.79 Å². The molecule has 0 spiro atoms. The van der Waals surface area contributed by atoms with Gasteiger partial charge in [0.15, 0.2) is 0 Å². The molecule has 1 N–H and O–H groups in total. The average molecular weight is 280 g/mol. The molecule has 3 nitrogen and oxygen atoms in total. The first-order chi connectivity index (χ1) is 9.56. The summed E-state index contributed by atoms with van der Waals surface area (Å²) in [5.41, 5.74) is 0. The summed E-state index contributed by atoms with van der Waals surface area (Å²) >= 11 is 0. The molecule has 0 aromatic rings. The molecule has 0 aromatic carbocycles. The smallest absolute Gasteiger partial charge is 0.241 e. The van der Waals surface area contributed by atoms with Crippen LogP contribution >= 0.6 is 0 Å². The van der Waals surface area contributed by atoms with Crippen molar-refractivity contribution < 1.29 is 4.79 Å². The van der Waals surface area contributed by atoms with E-state index in [1.54, 1.807) is 0 Å². The van der Waals surface area contributed by atoms with Gasteiger partial charge in [0.05, 0.1) is 12.2 Å². The molecule has 2 aliphatic rings. The van der Waals surface area contributed by atoms with Crippen LogP contribution in [0.2, 0.25) is 0 Å². The Morgan fingerprint density at radius 2 is 1.90 bits per heavy atom. The molecule has 3 heteroatoms. The third-order valence-electron chi connectivity index (χ3n) is 5.32. The van der Waals surface area contributed by atoms with E-state index in [0.717, 1.165) is 12.8 Å². The Hall–Kier alpha value is -0.570. The number of nitrogens with zero attached hydrogens (tertiary/aromatic N) is 1. The van der Waals surface area contributed by atoms with Crippen LogP contribution in [0.3, 0.4) is 0 Å². The molecular weight excluding hydrogens is 248 g/mol. The molecule has 1 amide bonds. The number of hydrogen-bond donors (Lipinski definition) is 1. The van der Waals surface area contributed by atoms with Crippen LogP contribution in [0.15, 0.2) is 0 Å². The van der Waals surface area contributed by atoms with Crippen LogP contribution in [0.25, 0.3) is 0 Å². The summed E-state index contributed by atoms with van der Waals surface area (Å²) in [6, 6.07) is 0.411. The van der Waals surface area contributed by atoms with Crippen molar-refractivity contribution >= 4 is 5.91 Å². The molecule has 116 valence electrons. The highest BCUT2D eigenvalue weighted by Gasteiger charge is 2.45. The van der Waals surface area contributed by atoms with Crippen LogP contribution in [-0.4, -0.2) is 29.1 Å². The van der Waals surface area contributed by atoms with Crippen molar-refractivity contribution in [3.63, 3.8) is 0 Å². The van der Waals surface area contributed by atoms with Crippen molar-refractivity contribution in [3.05, 3.63) is 0 Å². The van der Waals surface area contributed by atoms with Gasteiger partial charge in [0.25, 0.3) is 0 Å². The third kappa shape index (κ3) is 3.19. The van der Waals surface area contributed by atoms with Gasteiger partial charge in [-0.1, -0.05) is 46.5 Å². The molecule has 1 saturated heterocycles. The molecule has 3 unspecified atom stereocenters. The summed E-state index contributed by atoms with van der Waals surface area (Å²) in [7, 11) is 0. The van der Waals surface area contributed by atoms with Gasteiger partial charge in [-0.15, -0.1) is 0 Å². The van der Waals surface area contributed by atoms with Gasteiger partial charge in [0.1, 0.15) is 0 Å². The first-order valence-electron chi connectivity index (χ1n) is 8.64. The largest absolute Gasteiger partial charge is 0.323 e. The number of hydrogen-bond acceptors (Lipinski definition) is 2. The highest BCUT2D eigenvalue weighted by atomic mass is 16.2. The van der Waals surface area contributed by atoms with E-state index in [4.69, 9.17) is 0 Å². The summed E-state index contributed by atoms with van der Waals surface area (Å²) < 4.78 is 0. The molecule has 0 radical (unpaired) electrons. The maximum atomic E-state index is 12.8. The third-order valence-corrected chi connectivity index (χ3v) is 5.32. The Morgan fingerprint density at radius 3 is 2.45 bits per heavy atom. The van der Waals surface area contributed by atoms with Crippen LogP contribution in [-0.2, 0) is 4.79 Å². The van der Waals surface area contributed by atoms with Crippen LogP contribution in [0.5, 0.6) is 0 Å². The molecule has 2 rings (SSSR count). The van der Waals surface area contributed by atoms with E-state index >= 15 is 0 Å². The van der Waals surface area contributed by atoms with E-state index in [2.05, 4.69) is 37.9 Å². The zero-order valence-corrected chi connectivity index (χ0v) is 13.7. The number of rotatable bonds is 6. The predicted molar refractivity (Wildman–Crippen MR) is 83.3 cm³/mol. The number of nitrogens with one attached hydrogen (secondary N) is 1. The fourth-order valence-corrected chi connectivity index (χ4v) is 3.70. The Balaban J connectivity index is 2.11. The first-order valence-corrected chi connectivity index (χ1v) is 8.64. The maximum absolute atomic E-state index is 12.8. The molecule has 3 atom stereocenters. The first kappa shape index (κ1) is 15.8. The Bertz CT molecular complexity index is 323. The molecule has 0 bridgehead atoms. The monoisotopic (exact) mass is 280 g/mol. The van der Waals surface area contributed by atoms with Gasteiger partial charge in [-0.3, -0.25) is 10.1 Å². The lowest BCUT2D eigenvalue weighted by Crippen LogP contribution is -2.48. The van der Waals surface area contributed by atoms with Crippen LogP contribution in [0.4, 0.5) is 0 Å². The Kier molecular flexibility index (Phi) is 5.48. The molecule has 2 fully saturated rings. The van der Waals surface area contributed by atoms with Crippen molar-refractivity contribution in [2.75, 3.05) is 0 Å². The van der Waals surface area contributed by atoms with Crippen molar-refractivity contribution in [2.24, 2.45) is 11.8 Å². The van der Waals surface area contributed by atoms with Crippen molar-refractivity contribution in [3.8, 4) is 0 Å². The fourth-order valence-electron chi connectivity index (χ4n) is 3.70. The van der Waals surface area contributed by atoms with Gasteiger partial charge in [0.2, 0.25) is 5.91 Å². The van der Waals surface area contributed by atoms with Crippen molar-refractivity contribution in [1.82, 2.24) is 10.2 Å². The number of carbonyl (C=O) groups is 1. The fraction of sp³-hybridized carbons (Fsp3) is 0.941. The SMILES string of the molecule is CCCCC1NC(C2CCCC2)N(C(C)C(C)C)C1=O. The van der Waals surface area contributed by atoms with Gasteiger partial charge in [-0.2, -0.15) is 0 Å². The summed E-state index contributed by atoms with van der Waals surface area (Å²) in [4.78, 5) is 15.0. The normalized spacial score (nSPS) is 29.6. The maximum Gasteiger partial charge on any atom is 0.241 e. The zero-order chi connectivity index (χ0) is 14.7. The second-order valence-electron chi connectivity index (χ2n) is 7.08. The summed E-state index contributed by atoms with van der Waals surface area (Å²) in [6.07, 6.45) is 8.84. The summed E-state index contributed by atoms with van der Waals surface area (Å²) in [6.45, 7) is 8.86. The molecule has 1 heterocycles. The van der Waals surface area contributed by atoms with Crippen LogP contribution in [0, 0.1) is 11.8 Å². The molecule has 1 aliphatic carbocycles. The lowest BCUT2D eigenvalue weighted by atomic mass is 9.99. The second-order valence-corrected chi connectivity index (χ2v) is 7.08. The molecular formula is C17H32N2O. The van der Waals surface area contributed by atoms with E-state index in [1.165, 1.54) is 32.1 Å². The predicted octanol–water partition coefficient (Wildman–Crippen LogP) is 3.54. The highest BCUT2D eigenvalue weighted by Crippen LogP contribution is 2.34. The number of amides is 1. The van der Waals surface area contributed by atoms with Gasteiger partial charge in [-0.25, -0.2) is 0 Å². The van der Waals surface area contributed by atoms with Gasteiger partial charge >= 0.3 is 0 Å². The molecule has 20 heavy (non-hydrogen) atoms. The Morgan fingerprint density at radius 1 is 1.25 bits per heavy atom. The summed E-state index contributed by atoms with van der Waals surface area (Å²) in [5, 5.41) is 3.68. The van der Waals surface area contributed by atoms with Crippen molar-refractivity contribution in [1.29, 1.82) is 0 Å². The van der Waals surface area contributed by atoms with Gasteiger partial charge in [0, 0.05) is 6.04 Å². The topological polar surface area (TPSA) is 32.3 Å². The minimum atomic E-state index is 0.0711. The molecule has 1 aliphatic heterocycles. The number of carbonyl (C=O) groups excluding carboxylic acids is 1. The quantitative estimate of drug-likeness (QED) is 0.807. The average Bonchev–Trinajstić information content (AvgIpc) is 3.03. The minimum absolute atomic E-state index is 0.0711. The van der Waals surface area contributed by atoms with Gasteiger partial charge in [-0.05, 0) is 38.0 Å². The zero-order valence-electron chi connectivity index (χ0n) is 13.7. The lowest BCUT2D eigenvalue weighted by molar-refractivity contribution is -0.133. The van der Waals surface area contributed by atoms with E-state index in [-0.39, 0.29) is 6.04 Å². The van der Waals surface area contributed by atoms with Crippen LogP contribution < -0.4 is 5.32 Å². The second kappa shape index (κ2) is 6.93. The number of unbranched alkanes of at least 4 members (excludes halogenated alkanes) is 1. The van der Waals surface area contributed by atoms with E-state index < -0.39 is 0 Å². The van der Waals surface area contributed by atoms with Crippen molar-refractivity contribution in [2.45, 2.75) is 90.9 Å². The minimum Gasteiger partial charge on any atom is -0.323 e. The van der Waals surface area contributed by atoms with Crippen LogP contribution in [0.1, 0.15) is 72.6 Å². The van der Waals surface area contributed by atoms with E-state index in [0.29, 0.717) is 30.0 Å². The Labute approximate surface area is 124 Å². The standard InChI is InChI=1S/C17H32N2O/c1-5-6-11-15-17(20)19(13(4)12(2)3)16(18-15)14-9-7-8-10-14/h12-16,18H,5-11H2,1-4H3. The lowest BCUT2D eigenvalue weighted by Gasteiger charge is -2.35. The molecule has 1 saturated carbocycles. The van der Waals surface area contributed by atoms with Gasteiger partial charge < -0.3 is 4.90 Å². The molecule has 0 aromatic heterocycles.